The summed E-state index contributed by atoms with van der Waals surface area (Å²) in [5.41, 5.74) is 0.753. The molecule has 9 heteroatoms. The summed E-state index contributed by atoms with van der Waals surface area (Å²) >= 11 is 1.10. The molecule has 3 rings (SSSR count). The number of furan rings is 1. The number of thiazole rings is 1. The molecule has 0 radical (unpaired) electrons. The number of carbonyl (C=O) groups is 2. The first-order valence-electron chi connectivity index (χ1n) is 7.82. The number of rotatable bonds is 5. The zero-order chi connectivity index (χ0) is 19.6. The number of amides is 1. The Kier molecular flexibility index (Phi) is 5.31. The molecule has 3 aromatic rings. The fourth-order valence-electron chi connectivity index (χ4n) is 2.14. The van der Waals surface area contributed by atoms with Crippen LogP contribution in [0.1, 0.15) is 23.2 Å². The van der Waals surface area contributed by atoms with Gasteiger partial charge in [0.1, 0.15) is 5.76 Å². The molecule has 0 bridgehead atoms. The molecule has 0 aliphatic rings. The van der Waals surface area contributed by atoms with Gasteiger partial charge in [-0.15, -0.1) is 11.3 Å². The van der Waals surface area contributed by atoms with Gasteiger partial charge in [0.25, 0.3) is 5.91 Å². The molecule has 0 fully saturated rings. The van der Waals surface area contributed by atoms with E-state index in [-0.39, 0.29) is 10.9 Å². The minimum absolute atomic E-state index is 0.00187. The van der Waals surface area contributed by atoms with Gasteiger partial charge in [-0.3, -0.25) is 10.1 Å². The number of hydrogen-bond donors (Lipinski definition) is 1. The molecule has 1 atom stereocenters. The van der Waals surface area contributed by atoms with Crippen molar-refractivity contribution in [2.24, 2.45) is 0 Å². The number of nitrogens with one attached hydrogen (secondary N) is 1. The minimum Gasteiger partial charge on any atom is -0.454 e. The molecular formula is C18H14F2N2O4S. The predicted octanol–water partition coefficient (Wildman–Crippen LogP) is 4.17. The first-order chi connectivity index (χ1) is 12.8. The number of aryl methyl sites for hydroxylation is 1. The lowest BCUT2D eigenvalue weighted by molar-refractivity contribution is -0.123. The average molecular weight is 392 g/mol. The smallest absolute Gasteiger partial charge is 0.375 e. The quantitative estimate of drug-likeness (QED) is 0.659. The first-order valence-corrected chi connectivity index (χ1v) is 8.70. The molecule has 1 N–H and O–H groups in total. The van der Waals surface area contributed by atoms with Crippen molar-refractivity contribution >= 4 is 28.3 Å². The number of halogens is 2. The second-order valence-electron chi connectivity index (χ2n) is 5.61. The van der Waals surface area contributed by atoms with Gasteiger partial charge in [0.05, 0.1) is 5.69 Å². The zero-order valence-corrected chi connectivity index (χ0v) is 15.1. The summed E-state index contributed by atoms with van der Waals surface area (Å²) in [4.78, 5) is 28.2. The van der Waals surface area contributed by atoms with Gasteiger partial charge in [-0.2, -0.15) is 0 Å². The fraction of sp³-hybridized carbons (Fsp3) is 0.167. The number of benzene rings is 1. The van der Waals surface area contributed by atoms with Crippen molar-refractivity contribution in [3.05, 3.63) is 58.9 Å². The number of anilines is 1. The maximum Gasteiger partial charge on any atom is 0.375 e. The van der Waals surface area contributed by atoms with Crippen LogP contribution in [0.25, 0.3) is 11.3 Å². The Bertz CT molecular complexity index is 999. The standard InChI is InChI=1S/C18H14F2N2O4S/c1-9-3-6-15(25-9)17(24)26-10(2)16(23)22-18-21-14(8-27-18)11-4-5-12(19)13(20)7-11/h3-8,10H,1-2H3,(H,21,22,23)/t10-/m0/s1. The van der Waals surface area contributed by atoms with Gasteiger partial charge in [0, 0.05) is 10.9 Å². The molecule has 27 heavy (non-hydrogen) atoms. The summed E-state index contributed by atoms with van der Waals surface area (Å²) < 4.78 is 36.5. The van der Waals surface area contributed by atoms with E-state index in [9.17, 15) is 18.4 Å². The van der Waals surface area contributed by atoms with Gasteiger partial charge in [-0.1, -0.05) is 0 Å². The van der Waals surface area contributed by atoms with E-state index in [1.807, 2.05) is 0 Å². The second-order valence-corrected chi connectivity index (χ2v) is 6.47. The Morgan fingerprint density at radius 2 is 2.00 bits per heavy atom. The average Bonchev–Trinajstić information content (AvgIpc) is 3.26. The van der Waals surface area contributed by atoms with Crippen LogP contribution in [0, 0.1) is 18.6 Å². The molecule has 2 heterocycles. The highest BCUT2D eigenvalue weighted by atomic mass is 32.1. The molecule has 0 aliphatic heterocycles. The van der Waals surface area contributed by atoms with Gasteiger partial charge >= 0.3 is 5.97 Å². The highest BCUT2D eigenvalue weighted by molar-refractivity contribution is 7.14. The van der Waals surface area contributed by atoms with E-state index < -0.39 is 29.6 Å². The van der Waals surface area contributed by atoms with Crippen molar-refractivity contribution in [3.8, 4) is 11.3 Å². The van der Waals surface area contributed by atoms with Gasteiger partial charge in [-0.25, -0.2) is 18.6 Å². The molecule has 6 nitrogen and oxygen atoms in total. The van der Waals surface area contributed by atoms with Crippen LogP contribution in [0.2, 0.25) is 0 Å². The zero-order valence-electron chi connectivity index (χ0n) is 14.3. The van der Waals surface area contributed by atoms with Crippen LogP contribution in [-0.2, 0) is 9.53 Å². The van der Waals surface area contributed by atoms with Crippen LogP contribution < -0.4 is 5.32 Å². The van der Waals surface area contributed by atoms with Crippen LogP contribution in [0.4, 0.5) is 13.9 Å². The molecule has 1 aromatic carbocycles. The molecule has 0 unspecified atom stereocenters. The first kappa shape index (κ1) is 18.7. The Labute approximate surface area is 156 Å². The monoisotopic (exact) mass is 392 g/mol. The van der Waals surface area contributed by atoms with E-state index >= 15 is 0 Å². The maximum atomic E-state index is 13.3. The number of ether oxygens (including phenoxy) is 1. The number of hydrogen-bond acceptors (Lipinski definition) is 6. The van der Waals surface area contributed by atoms with E-state index in [4.69, 9.17) is 9.15 Å². The van der Waals surface area contributed by atoms with Gasteiger partial charge < -0.3 is 9.15 Å². The lowest BCUT2D eigenvalue weighted by Crippen LogP contribution is -2.29. The summed E-state index contributed by atoms with van der Waals surface area (Å²) in [6, 6.07) is 6.47. The van der Waals surface area contributed by atoms with Gasteiger partial charge in [-0.05, 0) is 44.2 Å². The van der Waals surface area contributed by atoms with E-state index in [0.717, 1.165) is 23.5 Å². The predicted molar refractivity (Wildman–Crippen MR) is 94.4 cm³/mol. The summed E-state index contributed by atoms with van der Waals surface area (Å²) in [6.45, 7) is 3.09. The topological polar surface area (TPSA) is 81.4 Å². The summed E-state index contributed by atoms with van der Waals surface area (Å²) in [7, 11) is 0. The van der Waals surface area contributed by atoms with Crippen LogP contribution in [0.5, 0.6) is 0 Å². The molecule has 0 saturated heterocycles. The normalized spacial score (nSPS) is 11.9. The Hall–Kier alpha value is -3.07. The van der Waals surface area contributed by atoms with Crippen LogP contribution >= 0.6 is 11.3 Å². The van der Waals surface area contributed by atoms with E-state index in [1.165, 1.54) is 19.1 Å². The Balaban J connectivity index is 1.63. The number of nitrogens with zero attached hydrogens (tertiary/aromatic N) is 1. The minimum atomic E-state index is -1.08. The van der Waals surface area contributed by atoms with Crippen LogP contribution in [0.3, 0.4) is 0 Å². The fourth-order valence-corrected chi connectivity index (χ4v) is 2.87. The third-order valence-corrected chi connectivity index (χ3v) is 4.30. The third kappa shape index (κ3) is 4.37. The van der Waals surface area contributed by atoms with Crippen molar-refractivity contribution in [1.82, 2.24) is 4.98 Å². The molecular weight excluding hydrogens is 378 g/mol. The number of carbonyl (C=O) groups excluding carboxylic acids is 2. The molecule has 0 aliphatic carbocycles. The summed E-state index contributed by atoms with van der Waals surface area (Å²) in [5, 5.41) is 4.33. The van der Waals surface area contributed by atoms with E-state index in [2.05, 4.69) is 10.3 Å². The highest BCUT2D eigenvalue weighted by Crippen LogP contribution is 2.26. The van der Waals surface area contributed by atoms with Crippen molar-refractivity contribution in [2.75, 3.05) is 5.32 Å². The number of aromatic nitrogens is 1. The second kappa shape index (κ2) is 7.67. The highest BCUT2D eigenvalue weighted by Gasteiger charge is 2.22. The van der Waals surface area contributed by atoms with Crippen molar-refractivity contribution in [3.63, 3.8) is 0 Å². The van der Waals surface area contributed by atoms with Crippen molar-refractivity contribution in [1.29, 1.82) is 0 Å². The lowest BCUT2D eigenvalue weighted by atomic mass is 10.2. The molecule has 2 aromatic heterocycles. The molecule has 0 spiro atoms. The van der Waals surface area contributed by atoms with E-state index in [1.54, 1.807) is 18.4 Å². The van der Waals surface area contributed by atoms with E-state index in [0.29, 0.717) is 17.0 Å². The largest absolute Gasteiger partial charge is 0.454 e. The van der Waals surface area contributed by atoms with Crippen LogP contribution in [0.15, 0.2) is 40.1 Å². The van der Waals surface area contributed by atoms with Crippen molar-refractivity contribution < 1.29 is 27.5 Å². The Morgan fingerprint density at radius 1 is 1.22 bits per heavy atom. The number of esters is 1. The SMILES string of the molecule is Cc1ccc(C(=O)O[C@@H](C)C(=O)Nc2nc(-c3ccc(F)c(F)c3)cs2)o1. The van der Waals surface area contributed by atoms with Gasteiger partial charge in [0.2, 0.25) is 5.76 Å². The third-order valence-electron chi connectivity index (χ3n) is 3.54. The van der Waals surface area contributed by atoms with Crippen molar-refractivity contribution in [2.45, 2.75) is 20.0 Å². The summed E-state index contributed by atoms with van der Waals surface area (Å²) in [5.74, 6) is -2.73. The lowest BCUT2D eigenvalue weighted by Gasteiger charge is -2.11. The molecule has 1 amide bonds. The summed E-state index contributed by atoms with van der Waals surface area (Å²) in [6.07, 6.45) is -1.08. The molecule has 0 saturated carbocycles. The maximum absolute atomic E-state index is 13.3. The Morgan fingerprint density at radius 3 is 2.67 bits per heavy atom. The van der Waals surface area contributed by atoms with Crippen LogP contribution in [-0.4, -0.2) is 23.0 Å². The van der Waals surface area contributed by atoms with Gasteiger partial charge in [0.15, 0.2) is 22.9 Å². The molecule has 140 valence electrons.